The summed E-state index contributed by atoms with van der Waals surface area (Å²) in [5.41, 5.74) is 2.49. The number of aliphatic hydroxyl groups is 1. The summed E-state index contributed by atoms with van der Waals surface area (Å²) in [5, 5.41) is 17.1. The number of rotatable bonds is 6. The summed E-state index contributed by atoms with van der Waals surface area (Å²) in [7, 11) is 1.59. The first-order valence-corrected chi connectivity index (χ1v) is 8.69. The highest BCUT2D eigenvalue weighted by Gasteiger charge is 2.27. The Morgan fingerprint density at radius 1 is 1.11 bits per heavy atom. The monoisotopic (exact) mass is 366 g/mol. The average Bonchev–Trinajstić information content (AvgIpc) is 3.14. The maximum atomic E-state index is 12.7. The first-order chi connectivity index (χ1) is 13.0. The molecule has 0 spiro atoms. The molecule has 6 nitrogen and oxygen atoms in total. The molecular weight excluding hydrogens is 344 g/mol. The van der Waals surface area contributed by atoms with Crippen molar-refractivity contribution in [2.24, 2.45) is 0 Å². The molecule has 0 unspecified atom stereocenters. The number of ether oxygens (including phenoxy) is 1. The van der Waals surface area contributed by atoms with Gasteiger partial charge in [0.15, 0.2) is 0 Å². The lowest BCUT2D eigenvalue weighted by molar-refractivity contribution is 0.0894. The number of nitrogens with one attached hydrogen (secondary N) is 1. The van der Waals surface area contributed by atoms with Gasteiger partial charge in [-0.1, -0.05) is 35.5 Å². The summed E-state index contributed by atoms with van der Waals surface area (Å²) in [4.78, 5) is 12.7. The van der Waals surface area contributed by atoms with Crippen molar-refractivity contribution in [2.45, 2.75) is 26.0 Å². The molecule has 1 amide bonds. The van der Waals surface area contributed by atoms with Gasteiger partial charge in [-0.05, 0) is 43.7 Å². The molecule has 0 aliphatic heterocycles. The van der Waals surface area contributed by atoms with E-state index >= 15 is 0 Å². The molecule has 0 saturated carbocycles. The van der Waals surface area contributed by atoms with E-state index in [0.717, 1.165) is 11.1 Å². The number of amides is 1. The van der Waals surface area contributed by atoms with Crippen LogP contribution < -0.4 is 10.1 Å². The number of hydrogen-bond acceptors (Lipinski definition) is 5. The third kappa shape index (κ3) is 4.01. The Kier molecular flexibility index (Phi) is 5.57. The second-order valence-electron chi connectivity index (χ2n) is 6.28. The van der Waals surface area contributed by atoms with Gasteiger partial charge in [0.05, 0.1) is 24.8 Å². The number of hydrogen-bond donors (Lipinski definition) is 2. The molecule has 0 radical (unpaired) electrons. The fourth-order valence-electron chi connectivity index (χ4n) is 2.89. The van der Waals surface area contributed by atoms with Crippen LogP contribution in [0.2, 0.25) is 0 Å². The van der Waals surface area contributed by atoms with Crippen LogP contribution in [-0.4, -0.2) is 23.3 Å². The van der Waals surface area contributed by atoms with Gasteiger partial charge in [-0.2, -0.15) is 0 Å². The first-order valence-electron chi connectivity index (χ1n) is 8.69. The molecule has 1 heterocycles. The number of aromatic nitrogens is 1. The van der Waals surface area contributed by atoms with Crippen LogP contribution in [0, 0.1) is 0 Å². The van der Waals surface area contributed by atoms with E-state index in [-0.39, 0.29) is 11.8 Å². The summed E-state index contributed by atoms with van der Waals surface area (Å²) < 4.78 is 10.5. The predicted octanol–water partition coefficient (Wildman–Crippen LogP) is 3.89. The van der Waals surface area contributed by atoms with Crippen LogP contribution in [0.3, 0.4) is 0 Å². The molecule has 2 atom stereocenters. The van der Waals surface area contributed by atoms with Gasteiger partial charge in [0.25, 0.3) is 5.91 Å². The third-order valence-electron chi connectivity index (χ3n) is 4.36. The Bertz CT molecular complexity index is 902. The zero-order valence-electron chi connectivity index (χ0n) is 15.5. The van der Waals surface area contributed by atoms with Crippen molar-refractivity contribution in [2.75, 3.05) is 7.11 Å². The summed E-state index contributed by atoms with van der Waals surface area (Å²) in [6.07, 6.45) is -0.916. The molecule has 0 aliphatic rings. The molecule has 2 N–H and O–H groups in total. The van der Waals surface area contributed by atoms with Gasteiger partial charge < -0.3 is 19.7 Å². The molecule has 3 rings (SSSR count). The Balaban J connectivity index is 1.89. The average molecular weight is 366 g/mol. The summed E-state index contributed by atoms with van der Waals surface area (Å²) >= 11 is 0. The highest BCUT2D eigenvalue weighted by molar-refractivity contribution is 5.94. The van der Waals surface area contributed by atoms with Crippen molar-refractivity contribution in [3.8, 4) is 17.0 Å². The molecule has 0 fully saturated rings. The standard InChI is InChI=1S/C21H22N2O4/c1-13(15-7-5-4-6-8-15)22-21(25)20-18(14(2)24)19(23-27-20)16-9-11-17(26-3)12-10-16/h4-14,24H,1-3H3,(H,22,25)/t13-,14+/m1/s1. The van der Waals surface area contributed by atoms with E-state index in [9.17, 15) is 9.90 Å². The normalized spacial score (nSPS) is 13.0. The molecule has 1 aromatic heterocycles. The summed E-state index contributed by atoms with van der Waals surface area (Å²) in [5.74, 6) is 0.295. The zero-order chi connectivity index (χ0) is 19.4. The Morgan fingerprint density at radius 2 is 1.78 bits per heavy atom. The molecule has 0 saturated heterocycles. The molecule has 0 aliphatic carbocycles. The molecular formula is C21H22N2O4. The molecule has 2 aromatic carbocycles. The van der Waals surface area contributed by atoms with Gasteiger partial charge in [0, 0.05) is 5.56 Å². The Morgan fingerprint density at radius 3 is 2.37 bits per heavy atom. The highest BCUT2D eigenvalue weighted by atomic mass is 16.5. The number of carbonyl (C=O) groups is 1. The van der Waals surface area contributed by atoms with Crippen LogP contribution >= 0.6 is 0 Å². The van der Waals surface area contributed by atoms with Gasteiger partial charge in [-0.15, -0.1) is 0 Å². The second-order valence-corrected chi connectivity index (χ2v) is 6.28. The smallest absolute Gasteiger partial charge is 0.290 e. The van der Waals surface area contributed by atoms with E-state index in [1.165, 1.54) is 0 Å². The summed E-state index contributed by atoms with van der Waals surface area (Å²) in [6.45, 7) is 3.47. The molecule has 27 heavy (non-hydrogen) atoms. The van der Waals surface area contributed by atoms with Gasteiger partial charge in [0.1, 0.15) is 11.4 Å². The highest BCUT2D eigenvalue weighted by Crippen LogP contribution is 2.31. The minimum atomic E-state index is -0.916. The number of methoxy groups -OCH3 is 1. The van der Waals surface area contributed by atoms with E-state index in [1.807, 2.05) is 37.3 Å². The van der Waals surface area contributed by atoms with E-state index < -0.39 is 12.0 Å². The second kappa shape index (κ2) is 8.05. The van der Waals surface area contributed by atoms with Crippen LogP contribution in [0.15, 0.2) is 59.1 Å². The van der Waals surface area contributed by atoms with Gasteiger partial charge in [-0.25, -0.2) is 0 Å². The van der Waals surface area contributed by atoms with Gasteiger partial charge >= 0.3 is 0 Å². The minimum absolute atomic E-state index is 0.0126. The van der Waals surface area contributed by atoms with Crippen molar-refractivity contribution in [1.82, 2.24) is 10.5 Å². The first kappa shape index (κ1) is 18.7. The number of nitrogens with zero attached hydrogens (tertiary/aromatic N) is 1. The van der Waals surface area contributed by atoms with Crippen molar-refractivity contribution in [1.29, 1.82) is 0 Å². The number of benzene rings is 2. The van der Waals surface area contributed by atoms with Crippen LogP contribution in [0.4, 0.5) is 0 Å². The van der Waals surface area contributed by atoms with Crippen molar-refractivity contribution >= 4 is 5.91 Å². The van der Waals surface area contributed by atoms with Gasteiger partial charge in [0.2, 0.25) is 5.76 Å². The largest absolute Gasteiger partial charge is 0.497 e. The van der Waals surface area contributed by atoms with Crippen LogP contribution in [-0.2, 0) is 0 Å². The van der Waals surface area contributed by atoms with E-state index in [1.54, 1.807) is 38.3 Å². The number of carbonyl (C=O) groups excluding carboxylic acids is 1. The van der Waals surface area contributed by atoms with E-state index in [0.29, 0.717) is 17.0 Å². The van der Waals surface area contributed by atoms with Crippen LogP contribution in [0.5, 0.6) is 5.75 Å². The Labute approximate surface area is 157 Å². The minimum Gasteiger partial charge on any atom is -0.497 e. The predicted molar refractivity (Wildman–Crippen MR) is 101 cm³/mol. The lowest BCUT2D eigenvalue weighted by Crippen LogP contribution is -2.27. The zero-order valence-corrected chi connectivity index (χ0v) is 15.5. The van der Waals surface area contributed by atoms with Crippen LogP contribution in [0.25, 0.3) is 11.3 Å². The van der Waals surface area contributed by atoms with E-state index in [4.69, 9.17) is 9.26 Å². The van der Waals surface area contributed by atoms with E-state index in [2.05, 4.69) is 10.5 Å². The number of aliphatic hydroxyl groups excluding tert-OH is 1. The lowest BCUT2D eigenvalue weighted by atomic mass is 10.0. The topological polar surface area (TPSA) is 84.6 Å². The third-order valence-corrected chi connectivity index (χ3v) is 4.36. The van der Waals surface area contributed by atoms with Crippen molar-refractivity contribution in [3.63, 3.8) is 0 Å². The lowest BCUT2D eigenvalue weighted by Gasteiger charge is -2.14. The van der Waals surface area contributed by atoms with Crippen LogP contribution in [0.1, 0.15) is 47.7 Å². The maximum Gasteiger partial charge on any atom is 0.290 e. The Hall–Kier alpha value is -3.12. The van der Waals surface area contributed by atoms with Gasteiger partial charge in [-0.3, -0.25) is 4.79 Å². The fraction of sp³-hybridized carbons (Fsp3) is 0.238. The molecule has 6 heteroatoms. The summed E-state index contributed by atoms with van der Waals surface area (Å²) in [6, 6.07) is 16.6. The SMILES string of the molecule is COc1ccc(-c2noc(C(=O)N[C@H](C)c3ccccc3)c2[C@H](C)O)cc1. The van der Waals surface area contributed by atoms with Crippen molar-refractivity contribution < 1.29 is 19.2 Å². The molecule has 140 valence electrons. The maximum absolute atomic E-state index is 12.7. The quantitative estimate of drug-likeness (QED) is 0.691. The fourth-order valence-corrected chi connectivity index (χ4v) is 2.89. The molecule has 3 aromatic rings. The van der Waals surface area contributed by atoms with Crippen molar-refractivity contribution in [3.05, 3.63) is 71.5 Å². The molecule has 0 bridgehead atoms.